The first-order valence-electron chi connectivity index (χ1n) is 7.21. The number of hydrogen-bond donors (Lipinski definition) is 1. The molecule has 0 amide bonds. The first-order valence-corrected chi connectivity index (χ1v) is 7.61. The normalized spacial score (nSPS) is 28.5. The van der Waals surface area contributed by atoms with Crippen LogP contribution in [0.3, 0.4) is 0 Å². The summed E-state index contributed by atoms with van der Waals surface area (Å²) in [5, 5.41) is 0. The van der Waals surface area contributed by atoms with E-state index in [4.69, 9.17) is 22.7 Å². The molecule has 0 radical (unpaired) electrons. The van der Waals surface area contributed by atoms with E-state index in [1.165, 1.54) is 25.7 Å². The van der Waals surface area contributed by atoms with E-state index in [-0.39, 0.29) is 0 Å². The van der Waals surface area contributed by atoms with E-state index in [9.17, 15) is 0 Å². The van der Waals surface area contributed by atoms with Crippen molar-refractivity contribution in [2.24, 2.45) is 23.5 Å². The van der Waals surface area contributed by atoms with Gasteiger partial charge in [0, 0.05) is 6.42 Å². The van der Waals surface area contributed by atoms with Gasteiger partial charge in [0.1, 0.15) is 5.75 Å². The smallest absolute Gasteiger partial charge is 0.119 e. The molecule has 3 unspecified atom stereocenters. The predicted octanol–water partition coefficient (Wildman–Crippen LogP) is 3.33. The lowest BCUT2D eigenvalue weighted by molar-refractivity contribution is 0.195. The maximum atomic E-state index is 5.94. The Bertz CT molecular complexity index is 456. The van der Waals surface area contributed by atoms with E-state index in [0.717, 1.165) is 35.7 Å². The van der Waals surface area contributed by atoms with Crippen LogP contribution < -0.4 is 10.5 Å². The average Bonchev–Trinajstić information content (AvgIpc) is 2.99. The third-order valence-corrected chi connectivity index (χ3v) is 4.79. The summed E-state index contributed by atoms with van der Waals surface area (Å²) in [5.41, 5.74) is 6.69. The fourth-order valence-electron chi connectivity index (χ4n) is 3.69. The molecule has 0 aromatic heterocycles. The summed E-state index contributed by atoms with van der Waals surface area (Å²) in [7, 11) is 0. The third-order valence-electron chi connectivity index (χ3n) is 4.65. The fourth-order valence-corrected chi connectivity index (χ4v) is 3.86. The minimum atomic E-state index is 0.538. The van der Waals surface area contributed by atoms with E-state index in [1.807, 2.05) is 12.1 Å². The molecular weight excluding hydrogens is 254 g/mol. The first-order chi connectivity index (χ1) is 9.20. The van der Waals surface area contributed by atoms with Crippen LogP contribution in [-0.4, -0.2) is 11.6 Å². The molecule has 1 aromatic carbocycles. The second kappa shape index (κ2) is 5.49. The fraction of sp³-hybridized carbons (Fsp3) is 0.562. The van der Waals surface area contributed by atoms with Crippen LogP contribution in [0.2, 0.25) is 0 Å². The summed E-state index contributed by atoms with van der Waals surface area (Å²) in [4.78, 5) is 0.538. The number of benzene rings is 1. The largest absolute Gasteiger partial charge is 0.493 e. The number of thiocarbonyl (C=S) groups is 1. The zero-order valence-electron chi connectivity index (χ0n) is 11.2. The SMILES string of the molecule is NC(=S)Cc1ccc(OCC2CC3CCC2C3)cc1. The molecule has 2 aliphatic rings. The lowest BCUT2D eigenvalue weighted by Gasteiger charge is -2.21. The van der Waals surface area contributed by atoms with Gasteiger partial charge in [-0.05, 0) is 54.7 Å². The van der Waals surface area contributed by atoms with Gasteiger partial charge >= 0.3 is 0 Å². The van der Waals surface area contributed by atoms with Gasteiger partial charge in [-0.15, -0.1) is 0 Å². The topological polar surface area (TPSA) is 35.2 Å². The van der Waals surface area contributed by atoms with E-state index in [0.29, 0.717) is 11.4 Å². The molecule has 0 saturated heterocycles. The van der Waals surface area contributed by atoms with Crippen molar-refractivity contribution in [2.75, 3.05) is 6.61 Å². The number of rotatable bonds is 5. The highest BCUT2D eigenvalue weighted by Crippen LogP contribution is 2.48. The summed E-state index contributed by atoms with van der Waals surface area (Å²) in [6.07, 6.45) is 6.37. The highest BCUT2D eigenvalue weighted by molar-refractivity contribution is 7.80. The Morgan fingerprint density at radius 2 is 2.00 bits per heavy atom. The Balaban J connectivity index is 1.51. The Labute approximate surface area is 120 Å². The van der Waals surface area contributed by atoms with Crippen LogP contribution in [0.15, 0.2) is 24.3 Å². The molecule has 2 nitrogen and oxygen atoms in total. The molecule has 2 saturated carbocycles. The first kappa shape index (κ1) is 12.9. The molecule has 2 bridgehead atoms. The van der Waals surface area contributed by atoms with Crippen LogP contribution in [-0.2, 0) is 6.42 Å². The Kier molecular flexibility index (Phi) is 3.74. The second-order valence-corrected chi connectivity index (χ2v) is 6.56. The van der Waals surface area contributed by atoms with Crippen molar-refractivity contribution < 1.29 is 4.74 Å². The Hall–Kier alpha value is -1.09. The molecule has 1 aromatic rings. The maximum absolute atomic E-state index is 5.94. The summed E-state index contributed by atoms with van der Waals surface area (Å²) in [5.74, 6) is 3.68. The number of hydrogen-bond acceptors (Lipinski definition) is 2. The van der Waals surface area contributed by atoms with Gasteiger partial charge in [0.2, 0.25) is 0 Å². The van der Waals surface area contributed by atoms with Crippen LogP contribution in [0.1, 0.15) is 31.2 Å². The van der Waals surface area contributed by atoms with Crippen LogP contribution in [0.5, 0.6) is 5.75 Å². The zero-order valence-corrected chi connectivity index (χ0v) is 12.0. The van der Waals surface area contributed by atoms with E-state index in [2.05, 4.69) is 12.1 Å². The standard InChI is InChI=1S/C16H21NOS/c17-16(19)9-11-2-5-15(6-3-11)18-10-14-8-12-1-4-13(14)7-12/h2-3,5-6,12-14H,1,4,7-10H2,(H2,17,19). The predicted molar refractivity (Wildman–Crippen MR) is 81.4 cm³/mol. The van der Waals surface area contributed by atoms with Crippen molar-refractivity contribution in [2.45, 2.75) is 32.1 Å². The molecule has 19 heavy (non-hydrogen) atoms. The third kappa shape index (κ3) is 3.08. The molecule has 102 valence electrons. The maximum Gasteiger partial charge on any atom is 0.119 e. The molecule has 3 atom stereocenters. The van der Waals surface area contributed by atoms with Crippen LogP contribution >= 0.6 is 12.2 Å². The highest BCUT2D eigenvalue weighted by Gasteiger charge is 2.39. The van der Waals surface area contributed by atoms with Crippen molar-refractivity contribution >= 4 is 17.2 Å². The molecule has 2 fully saturated rings. The minimum Gasteiger partial charge on any atom is -0.493 e. The number of fused-ring (bicyclic) bond motifs is 2. The van der Waals surface area contributed by atoms with E-state index < -0.39 is 0 Å². The van der Waals surface area contributed by atoms with Crippen molar-refractivity contribution in [1.29, 1.82) is 0 Å². The van der Waals surface area contributed by atoms with Gasteiger partial charge in [-0.1, -0.05) is 30.8 Å². The van der Waals surface area contributed by atoms with Gasteiger partial charge in [-0.3, -0.25) is 0 Å². The monoisotopic (exact) mass is 275 g/mol. The Morgan fingerprint density at radius 3 is 2.58 bits per heavy atom. The molecule has 2 N–H and O–H groups in total. The quantitative estimate of drug-likeness (QED) is 0.837. The van der Waals surface area contributed by atoms with Crippen LogP contribution in [0.4, 0.5) is 0 Å². The molecule has 0 heterocycles. The second-order valence-electron chi connectivity index (χ2n) is 6.03. The van der Waals surface area contributed by atoms with Crippen LogP contribution in [0.25, 0.3) is 0 Å². The summed E-state index contributed by atoms with van der Waals surface area (Å²) in [6, 6.07) is 8.16. The van der Waals surface area contributed by atoms with E-state index in [1.54, 1.807) is 0 Å². The molecule has 0 spiro atoms. The minimum absolute atomic E-state index is 0.538. The van der Waals surface area contributed by atoms with Crippen molar-refractivity contribution in [3.8, 4) is 5.75 Å². The van der Waals surface area contributed by atoms with Gasteiger partial charge in [-0.2, -0.15) is 0 Å². The molecule has 2 aliphatic carbocycles. The average molecular weight is 275 g/mol. The molecule has 3 heteroatoms. The van der Waals surface area contributed by atoms with E-state index >= 15 is 0 Å². The zero-order chi connectivity index (χ0) is 13.2. The Morgan fingerprint density at radius 1 is 1.21 bits per heavy atom. The van der Waals surface area contributed by atoms with Gasteiger partial charge in [-0.25, -0.2) is 0 Å². The van der Waals surface area contributed by atoms with Gasteiger partial charge < -0.3 is 10.5 Å². The van der Waals surface area contributed by atoms with Crippen LogP contribution in [0, 0.1) is 17.8 Å². The molecule has 3 rings (SSSR count). The highest BCUT2D eigenvalue weighted by atomic mass is 32.1. The summed E-state index contributed by atoms with van der Waals surface area (Å²) < 4.78 is 5.94. The lowest BCUT2D eigenvalue weighted by Crippen LogP contribution is -2.18. The number of ether oxygens (including phenoxy) is 1. The van der Waals surface area contributed by atoms with Crippen molar-refractivity contribution in [1.82, 2.24) is 0 Å². The molecular formula is C16H21NOS. The molecule has 0 aliphatic heterocycles. The van der Waals surface area contributed by atoms with Crippen molar-refractivity contribution in [3.63, 3.8) is 0 Å². The lowest BCUT2D eigenvalue weighted by atomic mass is 9.89. The number of nitrogens with two attached hydrogens (primary N) is 1. The van der Waals surface area contributed by atoms with Crippen molar-refractivity contribution in [3.05, 3.63) is 29.8 Å². The summed E-state index contributed by atoms with van der Waals surface area (Å²) in [6.45, 7) is 0.885. The van der Waals surface area contributed by atoms with Gasteiger partial charge in [0.15, 0.2) is 0 Å². The van der Waals surface area contributed by atoms with Gasteiger partial charge in [0.25, 0.3) is 0 Å². The summed E-state index contributed by atoms with van der Waals surface area (Å²) >= 11 is 4.91. The van der Waals surface area contributed by atoms with Gasteiger partial charge in [0.05, 0.1) is 11.6 Å².